The van der Waals surface area contributed by atoms with Gasteiger partial charge in [0.2, 0.25) is 5.88 Å². The molecule has 2 atom stereocenters. The van der Waals surface area contributed by atoms with Crippen molar-refractivity contribution in [3.8, 4) is 5.88 Å². The van der Waals surface area contributed by atoms with E-state index in [1.807, 2.05) is 12.1 Å². The molecule has 134 valence electrons. The summed E-state index contributed by atoms with van der Waals surface area (Å²) < 4.78 is 2.63. The Bertz CT molecular complexity index is 854. The van der Waals surface area contributed by atoms with Crippen LogP contribution in [0.3, 0.4) is 0 Å². The molecule has 25 heavy (non-hydrogen) atoms. The van der Waals surface area contributed by atoms with E-state index in [4.69, 9.17) is 11.6 Å². The molecule has 0 spiro atoms. The van der Waals surface area contributed by atoms with Crippen molar-refractivity contribution in [3.05, 3.63) is 61.8 Å². The summed E-state index contributed by atoms with van der Waals surface area (Å²) in [5.74, 6) is 0.0112. The number of halogens is 1. The Kier molecular flexibility index (Phi) is 5.33. The summed E-state index contributed by atoms with van der Waals surface area (Å²) in [5.41, 5.74) is 0.182. The molecule has 5 nitrogen and oxygen atoms in total. The van der Waals surface area contributed by atoms with Gasteiger partial charge >= 0.3 is 5.69 Å². The lowest BCUT2D eigenvalue weighted by atomic mass is 9.86. The predicted molar refractivity (Wildman–Crippen MR) is 98.5 cm³/mol. The highest BCUT2D eigenvalue weighted by Crippen LogP contribution is 2.31. The molecule has 0 bridgehead atoms. The summed E-state index contributed by atoms with van der Waals surface area (Å²) in [7, 11) is 0. The van der Waals surface area contributed by atoms with E-state index in [1.54, 1.807) is 12.1 Å². The minimum absolute atomic E-state index is 0.0869. The number of hydrogen-bond donors (Lipinski definition) is 1. The monoisotopic (exact) mass is 362 g/mol. The maximum atomic E-state index is 12.9. The second-order valence-corrected chi connectivity index (χ2v) is 7.29. The van der Waals surface area contributed by atoms with Crippen LogP contribution < -0.4 is 11.2 Å². The summed E-state index contributed by atoms with van der Waals surface area (Å²) in [6, 6.07) is 8.45. The van der Waals surface area contributed by atoms with Gasteiger partial charge < -0.3 is 5.11 Å². The van der Waals surface area contributed by atoms with Crippen LogP contribution in [0.25, 0.3) is 0 Å². The van der Waals surface area contributed by atoms with Crippen molar-refractivity contribution < 1.29 is 5.11 Å². The fourth-order valence-corrected chi connectivity index (χ4v) is 3.79. The van der Waals surface area contributed by atoms with Crippen LogP contribution in [0.4, 0.5) is 0 Å². The summed E-state index contributed by atoms with van der Waals surface area (Å²) in [4.78, 5) is 25.2. The van der Waals surface area contributed by atoms with E-state index in [9.17, 15) is 14.7 Å². The van der Waals surface area contributed by atoms with E-state index in [0.29, 0.717) is 18.0 Å². The first kappa shape index (κ1) is 17.8. The van der Waals surface area contributed by atoms with Crippen molar-refractivity contribution in [3.63, 3.8) is 0 Å². The maximum absolute atomic E-state index is 12.9. The van der Waals surface area contributed by atoms with Gasteiger partial charge in [0.15, 0.2) is 0 Å². The van der Waals surface area contributed by atoms with Crippen LogP contribution in [0.15, 0.2) is 39.9 Å². The van der Waals surface area contributed by atoms with Crippen molar-refractivity contribution in [2.75, 3.05) is 0 Å². The number of rotatable bonds is 4. The molecule has 6 heteroatoms. The molecule has 1 N–H and O–H groups in total. The lowest BCUT2D eigenvalue weighted by molar-refractivity contribution is 0.238. The topological polar surface area (TPSA) is 64.2 Å². The second kappa shape index (κ2) is 7.48. The Labute approximate surface area is 151 Å². The van der Waals surface area contributed by atoms with Gasteiger partial charge in [0.05, 0.1) is 6.07 Å². The van der Waals surface area contributed by atoms with E-state index in [0.717, 1.165) is 37.3 Å². The van der Waals surface area contributed by atoms with Crippen molar-refractivity contribution in [1.82, 2.24) is 9.13 Å². The summed E-state index contributed by atoms with van der Waals surface area (Å²) in [6.45, 7) is 2.40. The zero-order valence-electron chi connectivity index (χ0n) is 14.3. The molecule has 0 amide bonds. The number of benzene rings is 1. The van der Waals surface area contributed by atoms with E-state index in [1.165, 1.54) is 9.13 Å². The first-order valence-corrected chi connectivity index (χ1v) is 9.15. The quantitative estimate of drug-likeness (QED) is 0.907. The van der Waals surface area contributed by atoms with Crippen molar-refractivity contribution in [1.29, 1.82) is 0 Å². The number of hydrogen-bond acceptors (Lipinski definition) is 3. The third-order valence-corrected chi connectivity index (χ3v) is 5.39. The molecule has 3 rings (SSSR count). The van der Waals surface area contributed by atoms with E-state index < -0.39 is 11.2 Å². The van der Waals surface area contributed by atoms with Crippen molar-refractivity contribution in [2.24, 2.45) is 5.92 Å². The lowest BCUT2D eigenvalue weighted by Crippen LogP contribution is -2.44. The predicted octanol–water partition coefficient (Wildman–Crippen LogP) is 3.36. The highest BCUT2D eigenvalue weighted by Gasteiger charge is 2.26. The highest BCUT2D eigenvalue weighted by atomic mass is 35.5. The fraction of sp³-hybridized carbons (Fsp3) is 0.474. The molecule has 1 aliphatic carbocycles. The van der Waals surface area contributed by atoms with Crippen molar-refractivity contribution in [2.45, 2.75) is 51.6 Å². The first-order valence-electron chi connectivity index (χ1n) is 8.77. The van der Waals surface area contributed by atoms with Gasteiger partial charge in [-0.25, -0.2) is 4.79 Å². The minimum atomic E-state index is -0.419. The number of nitrogens with zero attached hydrogens (tertiary/aromatic N) is 2. The summed E-state index contributed by atoms with van der Waals surface area (Å²) in [6.07, 6.45) is 4.57. The van der Waals surface area contributed by atoms with Crippen LogP contribution in [0, 0.1) is 5.92 Å². The van der Waals surface area contributed by atoms with Gasteiger partial charge in [-0.05, 0) is 42.9 Å². The average molecular weight is 363 g/mol. The van der Waals surface area contributed by atoms with Crippen LogP contribution in [0.5, 0.6) is 5.88 Å². The van der Waals surface area contributed by atoms with E-state index in [-0.39, 0.29) is 17.8 Å². The van der Waals surface area contributed by atoms with Gasteiger partial charge in [0.25, 0.3) is 5.56 Å². The standard InChI is InChI=1S/C19H23ClN2O3/c1-13-4-2-3-5-16(13)22-18(24)12-17(23)21(19(22)25)11-10-14-6-8-15(20)9-7-14/h6-9,12-13,16,23H,2-5,10-11H2,1H3/t13-,16+/m0/s1. The second-order valence-electron chi connectivity index (χ2n) is 6.85. The molecular weight excluding hydrogens is 340 g/mol. The van der Waals surface area contributed by atoms with Crippen molar-refractivity contribution >= 4 is 11.6 Å². The van der Waals surface area contributed by atoms with Gasteiger partial charge in [-0.1, -0.05) is 43.5 Å². The molecule has 0 unspecified atom stereocenters. The van der Waals surface area contributed by atoms with E-state index >= 15 is 0 Å². The van der Waals surface area contributed by atoms with Gasteiger partial charge in [-0.2, -0.15) is 0 Å². The van der Waals surface area contributed by atoms with Crippen LogP contribution in [0.2, 0.25) is 5.02 Å². The fourth-order valence-electron chi connectivity index (χ4n) is 3.67. The molecule has 0 saturated heterocycles. The largest absolute Gasteiger partial charge is 0.494 e. The summed E-state index contributed by atoms with van der Waals surface area (Å²) >= 11 is 5.88. The normalized spacial score (nSPS) is 20.6. The molecule has 0 aliphatic heterocycles. The van der Waals surface area contributed by atoms with Crippen LogP contribution in [0.1, 0.15) is 44.2 Å². The Morgan fingerprint density at radius 3 is 2.52 bits per heavy atom. The zero-order chi connectivity index (χ0) is 18.0. The number of aromatic hydroxyl groups is 1. The summed E-state index contributed by atoms with van der Waals surface area (Å²) in [5, 5.41) is 10.8. The van der Waals surface area contributed by atoms with Gasteiger partial charge in [0.1, 0.15) is 0 Å². The molecule has 1 saturated carbocycles. The van der Waals surface area contributed by atoms with Gasteiger partial charge in [-0.15, -0.1) is 0 Å². The van der Waals surface area contributed by atoms with Crippen LogP contribution >= 0.6 is 11.6 Å². The number of aromatic nitrogens is 2. The molecule has 0 radical (unpaired) electrons. The molecule has 1 aromatic heterocycles. The molecule has 2 aromatic rings. The third kappa shape index (κ3) is 3.82. The maximum Gasteiger partial charge on any atom is 0.334 e. The molecule has 1 aliphatic rings. The van der Waals surface area contributed by atoms with Crippen LogP contribution in [-0.4, -0.2) is 14.2 Å². The molecular formula is C19H23ClN2O3. The molecule has 1 aromatic carbocycles. The minimum Gasteiger partial charge on any atom is -0.494 e. The molecule has 1 fully saturated rings. The zero-order valence-corrected chi connectivity index (χ0v) is 15.1. The lowest BCUT2D eigenvalue weighted by Gasteiger charge is -2.30. The Morgan fingerprint density at radius 1 is 1.16 bits per heavy atom. The Balaban J connectivity index is 1.91. The van der Waals surface area contributed by atoms with Crippen LogP contribution in [-0.2, 0) is 13.0 Å². The molecule has 1 heterocycles. The van der Waals surface area contributed by atoms with Gasteiger partial charge in [-0.3, -0.25) is 13.9 Å². The van der Waals surface area contributed by atoms with Gasteiger partial charge in [0, 0.05) is 17.6 Å². The third-order valence-electron chi connectivity index (χ3n) is 5.14. The smallest absolute Gasteiger partial charge is 0.334 e. The first-order chi connectivity index (χ1) is 12.0. The Hall–Kier alpha value is -2.01. The SMILES string of the molecule is C[C@H]1CCCC[C@H]1n1c(=O)cc(O)n(CCc2ccc(Cl)cc2)c1=O. The highest BCUT2D eigenvalue weighted by molar-refractivity contribution is 6.30. The number of aryl methyl sites for hydroxylation is 1. The Morgan fingerprint density at radius 2 is 1.84 bits per heavy atom. The van der Waals surface area contributed by atoms with E-state index in [2.05, 4.69) is 6.92 Å². The average Bonchev–Trinajstić information content (AvgIpc) is 2.57.